The molecule has 0 unspecified atom stereocenters. The minimum absolute atomic E-state index is 0.112. The zero-order chi connectivity index (χ0) is 17.4. The largest absolute Gasteiger partial charge is 0.493 e. The predicted octanol–water partition coefficient (Wildman–Crippen LogP) is 3.18. The van der Waals surface area contributed by atoms with E-state index in [-0.39, 0.29) is 5.91 Å². The summed E-state index contributed by atoms with van der Waals surface area (Å²) in [6.45, 7) is 1.83. The van der Waals surface area contributed by atoms with E-state index in [1.807, 2.05) is 55.5 Å². The summed E-state index contributed by atoms with van der Waals surface area (Å²) in [5.74, 6) is 1.17. The lowest BCUT2D eigenvalue weighted by Gasteiger charge is -2.09. The number of nitrogens with one attached hydrogen (secondary N) is 1. The highest BCUT2D eigenvalue weighted by atomic mass is 16.5. The van der Waals surface area contributed by atoms with Crippen molar-refractivity contribution in [3.05, 3.63) is 59.7 Å². The topological polar surface area (TPSA) is 59.9 Å². The molecule has 0 fully saturated rings. The fourth-order valence-corrected chi connectivity index (χ4v) is 2.23. The van der Waals surface area contributed by atoms with E-state index in [0.717, 1.165) is 11.1 Å². The molecule has 2 aromatic carbocycles. The number of hydrogen-bond acceptors (Lipinski definition) is 4. The highest BCUT2D eigenvalue weighted by Crippen LogP contribution is 2.27. The molecule has 1 amide bonds. The van der Waals surface area contributed by atoms with E-state index in [2.05, 4.69) is 10.5 Å². The fourth-order valence-electron chi connectivity index (χ4n) is 2.23. The van der Waals surface area contributed by atoms with Crippen LogP contribution in [0.25, 0.3) is 0 Å². The first-order valence-corrected chi connectivity index (χ1v) is 7.73. The number of hydrazone groups is 1. The summed E-state index contributed by atoms with van der Waals surface area (Å²) in [6, 6.07) is 15.4. The maximum absolute atomic E-state index is 11.9. The Morgan fingerprint density at radius 2 is 1.75 bits per heavy atom. The first-order chi connectivity index (χ1) is 11.6. The number of ether oxygens (including phenoxy) is 2. The lowest BCUT2D eigenvalue weighted by Crippen LogP contribution is -2.19. The van der Waals surface area contributed by atoms with Crippen molar-refractivity contribution >= 4 is 11.6 Å². The summed E-state index contributed by atoms with van der Waals surface area (Å²) < 4.78 is 10.5. The van der Waals surface area contributed by atoms with E-state index in [4.69, 9.17) is 9.47 Å². The molecular formula is C19H22N2O3. The fraction of sp³-hybridized carbons (Fsp3) is 0.263. The van der Waals surface area contributed by atoms with Gasteiger partial charge in [-0.3, -0.25) is 4.79 Å². The van der Waals surface area contributed by atoms with Crippen molar-refractivity contribution < 1.29 is 14.3 Å². The van der Waals surface area contributed by atoms with Gasteiger partial charge >= 0.3 is 0 Å². The van der Waals surface area contributed by atoms with Gasteiger partial charge in [0.05, 0.1) is 19.9 Å². The maximum Gasteiger partial charge on any atom is 0.240 e. The number of carbonyl (C=O) groups is 1. The number of carbonyl (C=O) groups excluding carboxylic acids is 1. The SMILES string of the molecule is COc1ccc(/C(C)=N/NC(=O)CCc2ccccc2)cc1OC. The summed E-state index contributed by atoms with van der Waals surface area (Å²) in [4.78, 5) is 11.9. The molecule has 0 saturated carbocycles. The van der Waals surface area contributed by atoms with Crippen LogP contribution >= 0.6 is 0 Å². The number of hydrogen-bond donors (Lipinski definition) is 1. The van der Waals surface area contributed by atoms with Gasteiger partial charge in [0.2, 0.25) is 5.91 Å². The van der Waals surface area contributed by atoms with Crippen LogP contribution in [0, 0.1) is 0 Å². The van der Waals surface area contributed by atoms with Gasteiger partial charge in [0.15, 0.2) is 11.5 Å². The molecule has 0 radical (unpaired) electrons. The zero-order valence-electron chi connectivity index (χ0n) is 14.2. The van der Waals surface area contributed by atoms with Gasteiger partial charge in [-0.05, 0) is 37.1 Å². The van der Waals surface area contributed by atoms with Crippen molar-refractivity contribution in [3.8, 4) is 11.5 Å². The van der Waals surface area contributed by atoms with Crippen LogP contribution in [0.1, 0.15) is 24.5 Å². The van der Waals surface area contributed by atoms with E-state index in [0.29, 0.717) is 30.1 Å². The third kappa shape index (κ3) is 4.84. The highest BCUT2D eigenvalue weighted by Gasteiger charge is 2.07. The third-order valence-electron chi connectivity index (χ3n) is 3.63. The minimum atomic E-state index is -0.112. The Morgan fingerprint density at radius 3 is 2.42 bits per heavy atom. The lowest BCUT2D eigenvalue weighted by molar-refractivity contribution is -0.121. The zero-order valence-corrected chi connectivity index (χ0v) is 14.2. The van der Waals surface area contributed by atoms with Crippen LogP contribution in [0.5, 0.6) is 11.5 Å². The third-order valence-corrected chi connectivity index (χ3v) is 3.63. The molecule has 1 N–H and O–H groups in total. The molecule has 0 aliphatic carbocycles. The average molecular weight is 326 g/mol. The molecule has 0 aliphatic rings. The van der Waals surface area contributed by atoms with Gasteiger partial charge in [-0.15, -0.1) is 0 Å². The van der Waals surface area contributed by atoms with Crippen LogP contribution < -0.4 is 14.9 Å². The summed E-state index contributed by atoms with van der Waals surface area (Å²) >= 11 is 0. The van der Waals surface area contributed by atoms with Crippen molar-refractivity contribution in [2.75, 3.05) is 14.2 Å². The quantitative estimate of drug-likeness (QED) is 0.628. The number of aryl methyl sites for hydroxylation is 1. The van der Waals surface area contributed by atoms with Crippen LogP contribution in [-0.2, 0) is 11.2 Å². The van der Waals surface area contributed by atoms with Gasteiger partial charge in [-0.25, -0.2) is 5.43 Å². The monoisotopic (exact) mass is 326 g/mol. The van der Waals surface area contributed by atoms with Crippen molar-refractivity contribution in [2.45, 2.75) is 19.8 Å². The van der Waals surface area contributed by atoms with Crippen LogP contribution in [0.3, 0.4) is 0 Å². The van der Waals surface area contributed by atoms with E-state index in [9.17, 15) is 4.79 Å². The first-order valence-electron chi connectivity index (χ1n) is 7.73. The van der Waals surface area contributed by atoms with Crippen molar-refractivity contribution in [1.29, 1.82) is 0 Å². The molecule has 0 heterocycles. The molecule has 0 bridgehead atoms. The minimum Gasteiger partial charge on any atom is -0.493 e. The standard InChI is InChI=1S/C19H22N2O3/c1-14(16-10-11-17(23-2)18(13-16)24-3)20-21-19(22)12-9-15-7-5-4-6-8-15/h4-8,10-11,13H,9,12H2,1-3H3,(H,21,22)/b20-14+. The Kier molecular flexibility index (Phi) is 6.37. The lowest BCUT2D eigenvalue weighted by atomic mass is 10.1. The van der Waals surface area contributed by atoms with Gasteiger partial charge in [0, 0.05) is 12.0 Å². The Morgan fingerprint density at radius 1 is 1.04 bits per heavy atom. The van der Waals surface area contributed by atoms with Crippen molar-refractivity contribution in [1.82, 2.24) is 5.43 Å². The molecule has 2 aromatic rings. The normalized spacial score (nSPS) is 11.0. The van der Waals surface area contributed by atoms with Crippen LogP contribution in [0.15, 0.2) is 53.6 Å². The van der Waals surface area contributed by atoms with E-state index >= 15 is 0 Å². The van der Waals surface area contributed by atoms with E-state index in [1.165, 1.54) is 0 Å². The highest BCUT2D eigenvalue weighted by molar-refractivity contribution is 5.99. The second kappa shape index (κ2) is 8.72. The van der Waals surface area contributed by atoms with Gasteiger partial charge in [0.25, 0.3) is 0 Å². The van der Waals surface area contributed by atoms with E-state index in [1.54, 1.807) is 14.2 Å². The van der Waals surface area contributed by atoms with Gasteiger partial charge in [-0.1, -0.05) is 30.3 Å². The summed E-state index contributed by atoms with van der Waals surface area (Å²) in [6.07, 6.45) is 1.09. The van der Waals surface area contributed by atoms with Crippen LogP contribution in [-0.4, -0.2) is 25.8 Å². The van der Waals surface area contributed by atoms with Crippen molar-refractivity contribution in [3.63, 3.8) is 0 Å². The Hall–Kier alpha value is -2.82. The number of methoxy groups -OCH3 is 2. The maximum atomic E-state index is 11.9. The van der Waals surface area contributed by atoms with Crippen molar-refractivity contribution in [2.24, 2.45) is 5.10 Å². The molecule has 0 atom stereocenters. The summed E-state index contributed by atoms with van der Waals surface area (Å²) in [7, 11) is 3.17. The smallest absolute Gasteiger partial charge is 0.240 e. The van der Waals surface area contributed by atoms with E-state index < -0.39 is 0 Å². The van der Waals surface area contributed by atoms with Gasteiger partial charge < -0.3 is 9.47 Å². The number of benzene rings is 2. The molecule has 0 spiro atoms. The molecule has 2 rings (SSSR count). The number of nitrogens with zero attached hydrogens (tertiary/aromatic N) is 1. The Labute approximate surface area is 142 Å². The second-order valence-electron chi connectivity index (χ2n) is 5.29. The van der Waals surface area contributed by atoms with Gasteiger partial charge in [0.1, 0.15) is 0 Å². The summed E-state index contributed by atoms with van der Waals surface area (Å²) in [5.41, 5.74) is 5.28. The Bertz CT molecular complexity index is 712. The molecule has 5 heteroatoms. The molecule has 24 heavy (non-hydrogen) atoms. The first kappa shape index (κ1) is 17.5. The van der Waals surface area contributed by atoms with Crippen LogP contribution in [0.4, 0.5) is 0 Å². The molecule has 0 aliphatic heterocycles. The molecule has 5 nitrogen and oxygen atoms in total. The Balaban J connectivity index is 1.94. The molecule has 0 saturated heterocycles. The predicted molar refractivity (Wildman–Crippen MR) is 94.7 cm³/mol. The molecular weight excluding hydrogens is 304 g/mol. The number of rotatable bonds is 7. The second-order valence-corrected chi connectivity index (χ2v) is 5.29. The summed E-state index contributed by atoms with van der Waals surface area (Å²) in [5, 5.41) is 4.16. The van der Waals surface area contributed by atoms with Gasteiger partial charge in [-0.2, -0.15) is 5.10 Å². The van der Waals surface area contributed by atoms with Crippen LogP contribution in [0.2, 0.25) is 0 Å². The molecule has 0 aromatic heterocycles. The molecule has 126 valence electrons. The number of amides is 1. The average Bonchev–Trinajstić information content (AvgIpc) is 2.64.